The molecule has 1 rings (SSSR count). The van der Waals surface area contributed by atoms with E-state index in [0.29, 0.717) is 6.42 Å². The molecule has 0 bridgehead atoms. The fraction of sp³-hybridized carbons (Fsp3) is 0.533. The molecule has 0 aromatic heterocycles. The lowest BCUT2D eigenvalue weighted by Crippen LogP contribution is -2.08. The summed E-state index contributed by atoms with van der Waals surface area (Å²) in [6.07, 6.45) is 1.20. The molecule has 0 amide bonds. The summed E-state index contributed by atoms with van der Waals surface area (Å²) in [6.45, 7) is 6.91. The summed E-state index contributed by atoms with van der Waals surface area (Å²) in [6, 6.07) is 2.08. The molecule has 0 saturated carbocycles. The van der Waals surface area contributed by atoms with Crippen molar-refractivity contribution in [2.24, 2.45) is 0 Å². The van der Waals surface area contributed by atoms with Crippen molar-refractivity contribution in [3.05, 3.63) is 22.8 Å². The smallest absolute Gasteiger partial charge is 0.305 e. The van der Waals surface area contributed by atoms with Gasteiger partial charge in [0, 0.05) is 18.7 Å². The van der Waals surface area contributed by atoms with Crippen LogP contribution in [0.3, 0.4) is 0 Å². The molecule has 4 nitrogen and oxygen atoms in total. The quantitative estimate of drug-likeness (QED) is 0.634. The van der Waals surface area contributed by atoms with Crippen LogP contribution in [0.5, 0.6) is 5.75 Å². The van der Waals surface area contributed by atoms with Crippen LogP contribution in [-0.4, -0.2) is 26.7 Å². The Labute approximate surface area is 115 Å². The fourth-order valence-corrected chi connectivity index (χ4v) is 2.11. The second-order valence-electron chi connectivity index (χ2n) is 4.63. The third-order valence-corrected chi connectivity index (χ3v) is 3.33. The summed E-state index contributed by atoms with van der Waals surface area (Å²) in [5.74, 6) is 0.776. The highest BCUT2D eigenvalue weighted by atomic mass is 16.5. The predicted octanol–water partition coefficient (Wildman–Crippen LogP) is 2.99. The number of hydrogen-bond donors (Lipinski definition) is 1. The lowest BCUT2D eigenvalue weighted by Gasteiger charge is -2.16. The van der Waals surface area contributed by atoms with Crippen molar-refractivity contribution in [3.63, 3.8) is 0 Å². The standard InChI is InChI=1S/C15H23NO3/c1-10-9-13(11(2)12(3)15(10)19-5)16-8-6-7-14(17)18-4/h9,16H,6-8H2,1-5H3. The summed E-state index contributed by atoms with van der Waals surface area (Å²) in [5.41, 5.74) is 4.54. The Hall–Kier alpha value is -1.71. The zero-order valence-corrected chi connectivity index (χ0v) is 12.4. The maximum atomic E-state index is 11.0. The van der Waals surface area contributed by atoms with Gasteiger partial charge in [0.2, 0.25) is 0 Å². The first-order valence-corrected chi connectivity index (χ1v) is 6.46. The van der Waals surface area contributed by atoms with E-state index >= 15 is 0 Å². The first-order chi connectivity index (χ1) is 9.01. The molecule has 0 radical (unpaired) electrons. The molecule has 0 saturated heterocycles. The molecule has 0 spiro atoms. The van der Waals surface area contributed by atoms with Gasteiger partial charge in [0.15, 0.2) is 0 Å². The normalized spacial score (nSPS) is 10.2. The fourth-order valence-electron chi connectivity index (χ4n) is 2.11. The minimum Gasteiger partial charge on any atom is -0.496 e. The van der Waals surface area contributed by atoms with Crippen molar-refractivity contribution in [2.45, 2.75) is 33.6 Å². The summed E-state index contributed by atoms with van der Waals surface area (Å²) >= 11 is 0. The molecule has 0 aliphatic rings. The summed E-state index contributed by atoms with van der Waals surface area (Å²) in [5, 5.41) is 3.36. The van der Waals surface area contributed by atoms with Crippen LogP contribution in [0, 0.1) is 20.8 Å². The predicted molar refractivity (Wildman–Crippen MR) is 76.9 cm³/mol. The number of nitrogens with one attached hydrogen (secondary N) is 1. The van der Waals surface area contributed by atoms with E-state index in [1.54, 1.807) is 7.11 Å². The van der Waals surface area contributed by atoms with Crippen LogP contribution in [0.1, 0.15) is 29.5 Å². The van der Waals surface area contributed by atoms with Crippen LogP contribution in [-0.2, 0) is 9.53 Å². The minimum absolute atomic E-state index is 0.166. The second kappa shape index (κ2) is 7.02. The maximum absolute atomic E-state index is 11.0. The van der Waals surface area contributed by atoms with Gasteiger partial charge in [-0.1, -0.05) is 0 Å². The van der Waals surface area contributed by atoms with E-state index in [1.165, 1.54) is 12.7 Å². The average Bonchev–Trinajstić information content (AvgIpc) is 2.40. The third kappa shape index (κ3) is 3.88. The van der Waals surface area contributed by atoms with Gasteiger partial charge >= 0.3 is 5.97 Å². The monoisotopic (exact) mass is 265 g/mol. The molecule has 106 valence electrons. The van der Waals surface area contributed by atoms with Gasteiger partial charge in [0.25, 0.3) is 0 Å². The zero-order chi connectivity index (χ0) is 14.4. The molecular formula is C15H23NO3. The van der Waals surface area contributed by atoms with Crippen molar-refractivity contribution >= 4 is 11.7 Å². The molecule has 0 heterocycles. The first-order valence-electron chi connectivity index (χ1n) is 6.46. The highest BCUT2D eigenvalue weighted by Crippen LogP contribution is 2.31. The Kier molecular flexibility index (Phi) is 5.67. The van der Waals surface area contributed by atoms with Gasteiger partial charge in [0.05, 0.1) is 14.2 Å². The van der Waals surface area contributed by atoms with E-state index in [2.05, 4.69) is 30.0 Å². The molecule has 1 aromatic rings. The lowest BCUT2D eigenvalue weighted by atomic mass is 10.0. The Morgan fingerprint density at radius 1 is 1.21 bits per heavy atom. The van der Waals surface area contributed by atoms with Gasteiger partial charge in [0.1, 0.15) is 5.75 Å². The number of methoxy groups -OCH3 is 2. The van der Waals surface area contributed by atoms with Crippen molar-refractivity contribution in [3.8, 4) is 5.75 Å². The highest BCUT2D eigenvalue weighted by molar-refractivity contribution is 5.69. The summed E-state index contributed by atoms with van der Waals surface area (Å²) in [4.78, 5) is 11.0. The van der Waals surface area contributed by atoms with Gasteiger partial charge in [-0.05, 0) is 49.9 Å². The number of anilines is 1. The van der Waals surface area contributed by atoms with Gasteiger partial charge in [-0.15, -0.1) is 0 Å². The number of benzene rings is 1. The first kappa shape index (κ1) is 15.3. The van der Waals surface area contributed by atoms with Crippen LogP contribution >= 0.6 is 0 Å². The molecule has 0 unspecified atom stereocenters. The number of aryl methyl sites for hydroxylation is 1. The van der Waals surface area contributed by atoms with Crippen LogP contribution < -0.4 is 10.1 Å². The Balaban J connectivity index is 2.67. The Morgan fingerprint density at radius 2 is 1.89 bits per heavy atom. The summed E-state index contributed by atoms with van der Waals surface area (Å²) in [7, 11) is 3.11. The maximum Gasteiger partial charge on any atom is 0.305 e. The average molecular weight is 265 g/mol. The van der Waals surface area contributed by atoms with Crippen molar-refractivity contribution in [2.75, 3.05) is 26.1 Å². The number of carbonyl (C=O) groups excluding carboxylic acids is 1. The molecule has 1 aromatic carbocycles. The SMILES string of the molecule is COC(=O)CCCNc1cc(C)c(OC)c(C)c1C. The van der Waals surface area contributed by atoms with Gasteiger partial charge in [-0.3, -0.25) is 4.79 Å². The van der Waals surface area contributed by atoms with Crippen molar-refractivity contribution < 1.29 is 14.3 Å². The van der Waals surface area contributed by atoms with E-state index in [0.717, 1.165) is 35.5 Å². The topological polar surface area (TPSA) is 47.6 Å². The van der Waals surface area contributed by atoms with Crippen LogP contribution in [0.4, 0.5) is 5.69 Å². The van der Waals surface area contributed by atoms with Gasteiger partial charge in [-0.25, -0.2) is 0 Å². The molecule has 4 heteroatoms. The van der Waals surface area contributed by atoms with Gasteiger partial charge in [-0.2, -0.15) is 0 Å². The van der Waals surface area contributed by atoms with E-state index in [9.17, 15) is 4.79 Å². The molecule has 0 atom stereocenters. The second-order valence-corrected chi connectivity index (χ2v) is 4.63. The van der Waals surface area contributed by atoms with E-state index in [1.807, 2.05) is 6.92 Å². The van der Waals surface area contributed by atoms with E-state index < -0.39 is 0 Å². The summed E-state index contributed by atoms with van der Waals surface area (Å²) < 4.78 is 10.0. The molecule has 0 aliphatic carbocycles. The number of ether oxygens (including phenoxy) is 2. The minimum atomic E-state index is -0.166. The molecule has 0 fully saturated rings. The van der Waals surface area contributed by atoms with Crippen molar-refractivity contribution in [1.29, 1.82) is 0 Å². The Bertz CT molecular complexity index is 455. The molecule has 1 N–H and O–H groups in total. The largest absolute Gasteiger partial charge is 0.496 e. The number of rotatable bonds is 6. The zero-order valence-electron chi connectivity index (χ0n) is 12.4. The van der Waals surface area contributed by atoms with E-state index in [-0.39, 0.29) is 5.97 Å². The molecular weight excluding hydrogens is 242 g/mol. The van der Waals surface area contributed by atoms with E-state index in [4.69, 9.17) is 4.74 Å². The van der Waals surface area contributed by atoms with Crippen LogP contribution in [0.2, 0.25) is 0 Å². The number of hydrogen-bond acceptors (Lipinski definition) is 4. The van der Waals surface area contributed by atoms with Gasteiger partial charge < -0.3 is 14.8 Å². The molecule has 0 aliphatic heterocycles. The lowest BCUT2D eigenvalue weighted by molar-refractivity contribution is -0.140. The van der Waals surface area contributed by atoms with Crippen LogP contribution in [0.15, 0.2) is 6.07 Å². The number of esters is 1. The Morgan fingerprint density at radius 3 is 2.47 bits per heavy atom. The highest BCUT2D eigenvalue weighted by Gasteiger charge is 2.10. The molecule has 19 heavy (non-hydrogen) atoms. The van der Waals surface area contributed by atoms with Crippen LogP contribution in [0.25, 0.3) is 0 Å². The number of carbonyl (C=O) groups is 1. The van der Waals surface area contributed by atoms with Crippen molar-refractivity contribution in [1.82, 2.24) is 0 Å². The third-order valence-electron chi connectivity index (χ3n) is 3.33.